The molecule has 0 aliphatic carbocycles. The second-order valence-electron chi connectivity index (χ2n) is 7.07. The fourth-order valence-corrected chi connectivity index (χ4v) is 3.54. The van der Waals surface area contributed by atoms with E-state index in [0.717, 1.165) is 23.2 Å². The van der Waals surface area contributed by atoms with Crippen molar-refractivity contribution in [2.24, 2.45) is 5.92 Å². The van der Waals surface area contributed by atoms with Crippen molar-refractivity contribution in [2.75, 3.05) is 11.4 Å². The van der Waals surface area contributed by atoms with Gasteiger partial charge in [0.05, 0.1) is 12.0 Å². The van der Waals surface area contributed by atoms with Gasteiger partial charge in [-0.2, -0.15) is 8.78 Å². The van der Waals surface area contributed by atoms with Crippen LogP contribution in [0.2, 0.25) is 0 Å². The van der Waals surface area contributed by atoms with Crippen molar-refractivity contribution in [2.45, 2.75) is 39.3 Å². The predicted molar refractivity (Wildman–Crippen MR) is 106 cm³/mol. The third kappa shape index (κ3) is 4.91. The highest BCUT2D eigenvalue weighted by atomic mass is 19.3. The van der Waals surface area contributed by atoms with Crippen LogP contribution in [-0.2, 0) is 16.0 Å². The molecule has 2 unspecified atom stereocenters. The van der Waals surface area contributed by atoms with E-state index >= 15 is 0 Å². The molecule has 0 aromatic heterocycles. The molecule has 0 saturated carbocycles. The number of hydrogen-bond acceptors (Lipinski definition) is 3. The number of para-hydroxylation sites is 1. The molecular formula is C22H24F2N2O3. The molecule has 0 bridgehead atoms. The van der Waals surface area contributed by atoms with Gasteiger partial charge in [-0.1, -0.05) is 37.3 Å². The van der Waals surface area contributed by atoms with E-state index in [1.165, 1.54) is 12.1 Å². The molecule has 2 aromatic rings. The lowest BCUT2D eigenvalue weighted by atomic mass is 10.0. The van der Waals surface area contributed by atoms with Crippen LogP contribution in [0.25, 0.3) is 0 Å². The van der Waals surface area contributed by atoms with Gasteiger partial charge in [-0.25, -0.2) is 0 Å². The van der Waals surface area contributed by atoms with Crippen LogP contribution in [0.15, 0.2) is 48.5 Å². The maximum Gasteiger partial charge on any atom is 0.387 e. The average molecular weight is 402 g/mol. The largest absolute Gasteiger partial charge is 0.435 e. The number of amides is 2. The molecule has 1 saturated heterocycles. The average Bonchev–Trinajstić information content (AvgIpc) is 3.09. The Kier molecular flexibility index (Phi) is 6.46. The second kappa shape index (κ2) is 9.03. The minimum atomic E-state index is -2.88. The van der Waals surface area contributed by atoms with E-state index < -0.39 is 12.5 Å². The summed E-state index contributed by atoms with van der Waals surface area (Å²) in [5.74, 6) is -0.632. The molecule has 5 nitrogen and oxygen atoms in total. The number of ether oxygens (including phenoxy) is 1. The first-order chi connectivity index (χ1) is 13.9. The van der Waals surface area contributed by atoms with Crippen molar-refractivity contribution in [3.63, 3.8) is 0 Å². The predicted octanol–water partition coefficient (Wildman–Crippen LogP) is 4.08. The lowest BCUT2D eigenvalue weighted by Gasteiger charge is -2.21. The Morgan fingerprint density at radius 3 is 2.55 bits per heavy atom. The third-order valence-electron chi connectivity index (χ3n) is 5.12. The number of carbonyl (C=O) groups excluding carboxylic acids is 2. The van der Waals surface area contributed by atoms with E-state index in [1.807, 2.05) is 38.1 Å². The molecule has 0 spiro atoms. The molecule has 154 valence electrons. The SMILES string of the molecule is CCc1ccccc1N1CC(C(=O)NC(C)c2ccc(OC(F)F)cc2)CC1=O. The summed E-state index contributed by atoms with van der Waals surface area (Å²) >= 11 is 0. The normalized spacial score (nSPS) is 17.5. The maximum absolute atomic E-state index is 12.7. The van der Waals surface area contributed by atoms with Gasteiger partial charge in [-0.15, -0.1) is 0 Å². The Morgan fingerprint density at radius 1 is 1.21 bits per heavy atom. The van der Waals surface area contributed by atoms with Crippen LogP contribution in [0.4, 0.5) is 14.5 Å². The van der Waals surface area contributed by atoms with Crippen LogP contribution >= 0.6 is 0 Å². The topological polar surface area (TPSA) is 58.6 Å². The monoisotopic (exact) mass is 402 g/mol. The maximum atomic E-state index is 12.7. The van der Waals surface area contributed by atoms with E-state index in [0.29, 0.717) is 6.54 Å². The fourth-order valence-electron chi connectivity index (χ4n) is 3.54. The lowest BCUT2D eigenvalue weighted by Crippen LogP contribution is -2.34. The zero-order valence-electron chi connectivity index (χ0n) is 16.4. The standard InChI is InChI=1S/C22H24F2N2O3/c1-3-15-6-4-5-7-19(15)26-13-17(12-20(26)27)21(28)25-14(2)16-8-10-18(11-9-16)29-22(23)24/h4-11,14,17,22H,3,12-13H2,1-2H3,(H,25,28). The molecule has 2 amide bonds. The van der Waals surface area contributed by atoms with Gasteiger partial charge in [0.15, 0.2) is 0 Å². The van der Waals surface area contributed by atoms with Crippen LogP contribution in [0.1, 0.15) is 37.4 Å². The van der Waals surface area contributed by atoms with Crippen molar-refractivity contribution in [1.82, 2.24) is 5.32 Å². The Balaban J connectivity index is 1.63. The van der Waals surface area contributed by atoms with E-state index in [4.69, 9.17) is 0 Å². The number of hydrogen-bond donors (Lipinski definition) is 1. The van der Waals surface area contributed by atoms with Crippen molar-refractivity contribution >= 4 is 17.5 Å². The number of carbonyl (C=O) groups is 2. The molecule has 2 aromatic carbocycles. The summed E-state index contributed by atoms with van der Waals surface area (Å²) in [6.45, 7) is 1.30. The molecule has 1 fully saturated rings. The van der Waals surface area contributed by atoms with Gasteiger partial charge >= 0.3 is 6.61 Å². The first kappa shape index (κ1) is 20.8. The van der Waals surface area contributed by atoms with Crippen LogP contribution in [0.3, 0.4) is 0 Å². The van der Waals surface area contributed by atoms with Gasteiger partial charge in [-0.3, -0.25) is 9.59 Å². The van der Waals surface area contributed by atoms with Crippen molar-refractivity contribution < 1.29 is 23.1 Å². The molecule has 1 heterocycles. The van der Waals surface area contributed by atoms with Crippen LogP contribution in [0, 0.1) is 5.92 Å². The molecule has 1 N–H and O–H groups in total. The minimum Gasteiger partial charge on any atom is -0.435 e. The summed E-state index contributed by atoms with van der Waals surface area (Å²) in [4.78, 5) is 26.9. The zero-order chi connectivity index (χ0) is 21.0. The van der Waals surface area contributed by atoms with E-state index in [-0.39, 0.29) is 30.0 Å². The van der Waals surface area contributed by atoms with Gasteiger partial charge < -0.3 is 15.0 Å². The number of nitrogens with one attached hydrogen (secondary N) is 1. The summed E-state index contributed by atoms with van der Waals surface area (Å²) in [6.07, 6.45) is 0.969. The number of anilines is 1. The molecule has 2 atom stereocenters. The summed E-state index contributed by atoms with van der Waals surface area (Å²) < 4.78 is 28.8. The molecule has 7 heteroatoms. The van der Waals surface area contributed by atoms with Crippen molar-refractivity contribution in [3.05, 3.63) is 59.7 Å². The van der Waals surface area contributed by atoms with Crippen LogP contribution < -0.4 is 15.0 Å². The fraction of sp³-hybridized carbons (Fsp3) is 0.364. The van der Waals surface area contributed by atoms with Gasteiger partial charge in [0.2, 0.25) is 11.8 Å². The Labute approximate surface area is 168 Å². The number of alkyl halides is 2. The number of aryl methyl sites for hydroxylation is 1. The minimum absolute atomic E-state index is 0.0628. The van der Waals surface area contributed by atoms with E-state index in [1.54, 1.807) is 17.0 Å². The second-order valence-corrected chi connectivity index (χ2v) is 7.07. The number of nitrogens with zero attached hydrogens (tertiary/aromatic N) is 1. The highest BCUT2D eigenvalue weighted by molar-refractivity contribution is 6.00. The molecule has 0 radical (unpaired) electrons. The molecule has 1 aliphatic heterocycles. The summed E-state index contributed by atoms with van der Waals surface area (Å²) in [5.41, 5.74) is 2.69. The number of halogens is 2. The zero-order valence-corrected chi connectivity index (χ0v) is 16.4. The highest BCUT2D eigenvalue weighted by Crippen LogP contribution is 2.29. The molecule has 29 heavy (non-hydrogen) atoms. The molecular weight excluding hydrogens is 378 g/mol. The highest BCUT2D eigenvalue weighted by Gasteiger charge is 2.36. The third-order valence-corrected chi connectivity index (χ3v) is 5.12. The summed E-state index contributed by atoms with van der Waals surface area (Å²) in [6, 6.07) is 13.5. The lowest BCUT2D eigenvalue weighted by molar-refractivity contribution is -0.126. The van der Waals surface area contributed by atoms with Crippen molar-refractivity contribution in [3.8, 4) is 5.75 Å². The first-order valence-electron chi connectivity index (χ1n) is 9.62. The smallest absolute Gasteiger partial charge is 0.387 e. The molecule has 3 rings (SSSR count). The van der Waals surface area contributed by atoms with Crippen LogP contribution in [-0.4, -0.2) is 25.0 Å². The van der Waals surface area contributed by atoms with Gasteiger partial charge in [-0.05, 0) is 42.7 Å². The summed E-state index contributed by atoms with van der Waals surface area (Å²) in [5, 5.41) is 2.91. The van der Waals surface area contributed by atoms with Crippen LogP contribution in [0.5, 0.6) is 5.75 Å². The first-order valence-corrected chi connectivity index (χ1v) is 9.62. The number of benzene rings is 2. The Hall–Kier alpha value is -2.96. The van der Waals surface area contributed by atoms with Gasteiger partial charge in [0.25, 0.3) is 0 Å². The van der Waals surface area contributed by atoms with Gasteiger partial charge in [0.1, 0.15) is 5.75 Å². The Morgan fingerprint density at radius 2 is 1.90 bits per heavy atom. The quantitative estimate of drug-likeness (QED) is 0.759. The van der Waals surface area contributed by atoms with E-state index in [9.17, 15) is 18.4 Å². The van der Waals surface area contributed by atoms with Crippen molar-refractivity contribution in [1.29, 1.82) is 0 Å². The number of rotatable bonds is 7. The summed E-state index contributed by atoms with van der Waals surface area (Å²) in [7, 11) is 0. The Bertz CT molecular complexity index is 871. The van der Waals surface area contributed by atoms with E-state index in [2.05, 4.69) is 10.1 Å². The van der Waals surface area contributed by atoms with Gasteiger partial charge in [0, 0.05) is 18.7 Å². The molecule has 1 aliphatic rings.